The summed E-state index contributed by atoms with van der Waals surface area (Å²) in [4.78, 5) is 4.19. The number of hydrogen-bond acceptors (Lipinski definition) is 5. The van der Waals surface area contributed by atoms with Crippen molar-refractivity contribution in [3.63, 3.8) is 0 Å². The summed E-state index contributed by atoms with van der Waals surface area (Å²) in [6.07, 6.45) is 2.85. The predicted molar refractivity (Wildman–Crippen MR) is 104 cm³/mol. The van der Waals surface area contributed by atoms with Crippen LogP contribution >= 0.6 is 24.0 Å². The lowest BCUT2D eigenvalue weighted by atomic mass is 10.4. The van der Waals surface area contributed by atoms with Gasteiger partial charge >= 0.3 is 0 Å². The first-order valence-corrected chi connectivity index (χ1v) is 7.65. The van der Waals surface area contributed by atoms with Gasteiger partial charge in [0.2, 0.25) is 0 Å². The van der Waals surface area contributed by atoms with Gasteiger partial charge in [-0.1, -0.05) is 6.07 Å². The third kappa shape index (κ3) is 6.57. The molecule has 0 atom stereocenters. The SMILES string of the molecule is CN=C(NCCCOCCOC)NCc1nnc2ccccn12.I. The number of fused-ring (bicyclic) bond motifs is 1. The summed E-state index contributed by atoms with van der Waals surface area (Å²) >= 11 is 0. The van der Waals surface area contributed by atoms with E-state index in [0.717, 1.165) is 30.4 Å². The average molecular weight is 448 g/mol. The second-order valence-corrected chi connectivity index (χ2v) is 4.86. The van der Waals surface area contributed by atoms with Crippen molar-refractivity contribution in [3.8, 4) is 0 Å². The minimum atomic E-state index is 0. The van der Waals surface area contributed by atoms with Gasteiger partial charge in [0.1, 0.15) is 0 Å². The van der Waals surface area contributed by atoms with Gasteiger partial charge in [0.25, 0.3) is 0 Å². The lowest BCUT2D eigenvalue weighted by Gasteiger charge is -2.11. The number of hydrogen-bond donors (Lipinski definition) is 2. The van der Waals surface area contributed by atoms with E-state index in [1.54, 1.807) is 14.2 Å². The molecule has 0 bridgehead atoms. The standard InChI is InChI=1S/C15H24N6O2.HI/c1-16-15(17-7-5-9-23-11-10-22-2)18-12-14-20-19-13-6-3-4-8-21(13)14;/h3-4,6,8H,5,7,9-12H2,1-2H3,(H2,16,17,18);1H. The number of halogens is 1. The zero-order valence-corrected chi connectivity index (χ0v) is 16.4. The second-order valence-electron chi connectivity index (χ2n) is 4.86. The third-order valence-corrected chi connectivity index (χ3v) is 3.21. The van der Waals surface area contributed by atoms with Gasteiger partial charge in [0.15, 0.2) is 17.4 Å². The number of ether oxygens (including phenoxy) is 2. The first-order valence-electron chi connectivity index (χ1n) is 7.65. The van der Waals surface area contributed by atoms with Gasteiger partial charge in [-0.3, -0.25) is 9.39 Å². The Labute approximate surface area is 159 Å². The minimum absolute atomic E-state index is 0. The van der Waals surface area contributed by atoms with Crippen LogP contribution in [-0.2, 0) is 16.0 Å². The molecular formula is C15H25IN6O2. The first-order chi connectivity index (χ1) is 11.3. The van der Waals surface area contributed by atoms with E-state index in [1.165, 1.54) is 0 Å². The van der Waals surface area contributed by atoms with Gasteiger partial charge in [-0.2, -0.15) is 0 Å². The summed E-state index contributed by atoms with van der Waals surface area (Å²) in [7, 11) is 3.41. The molecule has 24 heavy (non-hydrogen) atoms. The molecule has 0 radical (unpaired) electrons. The molecule has 0 aliphatic rings. The number of guanidine groups is 1. The molecule has 0 saturated heterocycles. The van der Waals surface area contributed by atoms with Crippen molar-refractivity contribution < 1.29 is 9.47 Å². The van der Waals surface area contributed by atoms with Gasteiger partial charge in [-0.15, -0.1) is 34.2 Å². The van der Waals surface area contributed by atoms with Crippen LogP contribution in [0.1, 0.15) is 12.2 Å². The Morgan fingerprint density at radius 2 is 2.08 bits per heavy atom. The molecule has 9 heteroatoms. The summed E-state index contributed by atoms with van der Waals surface area (Å²) in [6.45, 7) is 3.29. The molecule has 2 rings (SSSR count). The van der Waals surface area contributed by atoms with E-state index in [2.05, 4.69) is 25.8 Å². The number of rotatable bonds is 9. The summed E-state index contributed by atoms with van der Waals surface area (Å²) in [6, 6.07) is 5.82. The number of aliphatic imine (C=N–C) groups is 1. The highest BCUT2D eigenvalue weighted by atomic mass is 127. The zero-order chi connectivity index (χ0) is 16.3. The third-order valence-electron chi connectivity index (χ3n) is 3.21. The van der Waals surface area contributed by atoms with Crippen LogP contribution in [0.4, 0.5) is 0 Å². The van der Waals surface area contributed by atoms with Crippen molar-refractivity contribution in [2.24, 2.45) is 4.99 Å². The van der Waals surface area contributed by atoms with E-state index in [-0.39, 0.29) is 24.0 Å². The van der Waals surface area contributed by atoms with Crippen LogP contribution < -0.4 is 10.6 Å². The smallest absolute Gasteiger partial charge is 0.191 e. The van der Waals surface area contributed by atoms with Crippen molar-refractivity contribution >= 4 is 35.6 Å². The first kappa shape index (κ1) is 20.6. The maximum atomic E-state index is 5.41. The maximum absolute atomic E-state index is 5.41. The van der Waals surface area contributed by atoms with Crippen LogP contribution in [0.3, 0.4) is 0 Å². The van der Waals surface area contributed by atoms with Crippen molar-refractivity contribution in [3.05, 3.63) is 30.2 Å². The number of methoxy groups -OCH3 is 1. The molecule has 0 amide bonds. The molecule has 0 aliphatic heterocycles. The van der Waals surface area contributed by atoms with E-state index >= 15 is 0 Å². The van der Waals surface area contributed by atoms with Crippen LogP contribution in [-0.4, -0.2) is 61.1 Å². The van der Waals surface area contributed by atoms with Gasteiger partial charge in [0, 0.05) is 33.5 Å². The Bertz CT molecular complexity index is 619. The molecule has 0 saturated carbocycles. The molecule has 0 unspecified atom stereocenters. The number of nitrogens with one attached hydrogen (secondary N) is 2. The largest absolute Gasteiger partial charge is 0.382 e. The highest BCUT2D eigenvalue weighted by Gasteiger charge is 2.05. The van der Waals surface area contributed by atoms with Gasteiger partial charge < -0.3 is 20.1 Å². The van der Waals surface area contributed by atoms with Gasteiger partial charge in [-0.25, -0.2) is 0 Å². The van der Waals surface area contributed by atoms with Gasteiger partial charge in [0.05, 0.1) is 19.8 Å². The van der Waals surface area contributed by atoms with Crippen LogP contribution in [0.2, 0.25) is 0 Å². The van der Waals surface area contributed by atoms with Crippen LogP contribution in [0.5, 0.6) is 0 Å². The predicted octanol–water partition coefficient (Wildman–Crippen LogP) is 1.07. The molecule has 2 heterocycles. The van der Waals surface area contributed by atoms with E-state index < -0.39 is 0 Å². The van der Waals surface area contributed by atoms with Crippen molar-refractivity contribution in [2.45, 2.75) is 13.0 Å². The van der Waals surface area contributed by atoms with E-state index in [9.17, 15) is 0 Å². The van der Waals surface area contributed by atoms with Crippen molar-refractivity contribution in [2.75, 3.05) is 40.5 Å². The Balaban J connectivity index is 0.00000288. The molecule has 0 aromatic carbocycles. The fraction of sp³-hybridized carbons (Fsp3) is 0.533. The van der Waals surface area contributed by atoms with E-state index in [1.807, 2.05) is 28.8 Å². The van der Waals surface area contributed by atoms with E-state index in [0.29, 0.717) is 26.4 Å². The average Bonchev–Trinajstić information content (AvgIpc) is 3.00. The Morgan fingerprint density at radius 3 is 2.88 bits per heavy atom. The fourth-order valence-electron chi connectivity index (χ4n) is 2.02. The van der Waals surface area contributed by atoms with Gasteiger partial charge in [-0.05, 0) is 18.6 Å². The molecule has 2 aromatic heterocycles. The fourth-order valence-corrected chi connectivity index (χ4v) is 2.02. The quantitative estimate of drug-likeness (QED) is 0.259. The molecule has 0 fully saturated rings. The zero-order valence-electron chi connectivity index (χ0n) is 14.1. The summed E-state index contributed by atoms with van der Waals surface area (Å²) in [5, 5.41) is 14.8. The number of pyridine rings is 1. The molecule has 134 valence electrons. The lowest BCUT2D eigenvalue weighted by Crippen LogP contribution is -2.38. The molecular weight excluding hydrogens is 423 g/mol. The van der Waals surface area contributed by atoms with Crippen LogP contribution in [0, 0.1) is 0 Å². The highest BCUT2D eigenvalue weighted by Crippen LogP contribution is 2.02. The summed E-state index contributed by atoms with van der Waals surface area (Å²) in [5.41, 5.74) is 0.834. The number of aromatic nitrogens is 3. The summed E-state index contributed by atoms with van der Waals surface area (Å²) in [5.74, 6) is 1.57. The highest BCUT2D eigenvalue weighted by molar-refractivity contribution is 14.0. The lowest BCUT2D eigenvalue weighted by molar-refractivity contribution is 0.0698. The van der Waals surface area contributed by atoms with Crippen molar-refractivity contribution in [1.82, 2.24) is 25.2 Å². The molecule has 0 aliphatic carbocycles. The van der Waals surface area contributed by atoms with Crippen LogP contribution in [0.25, 0.3) is 5.65 Å². The molecule has 2 aromatic rings. The molecule has 2 N–H and O–H groups in total. The molecule has 8 nitrogen and oxygen atoms in total. The molecule has 0 spiro atoms. The van der Waals surface area contributed by atoms with Crippen molar-refractivity contribution in [1.29, 1.82) is 0 Å². The maximum Gasteiger partial charge on any atom is 0.191 e. The normalized spacial score (nSPS) is 11.3. The second kappa shape index (κ2) is 12.0. The topological polar surface area (TPSA) is 85.1 Å². The monoisotopic (exact) mass is 448 g/mol. The Morgan fingerprint density at radius 1 is 1.21 bits per heavy atom. The minimum Gasteiger partial charge on any atom is -0.382 e. The Hall–Kier alpha value is -1.46. The summed E-state index contributed by atoms with van der Waals surface area (Å²) < 4.78 is 12.3. The Kier molecular flexibility index (Phi) is 10.3. The van der Waals surface area contributed by atoms with Crippen LogP contribution in [0.15, 0.2) is 29.4 Å². The van der Waals surface area contributed by atoms with E-state index in [4.69, 9.17) is 9.47 Å². The number of nitrogens with zero attached hydrogens (tertiary/aromatic N) is 4.